The van der Waals surface area contributed by atoms with E-state index in [2.05, 4.69) is 151 Å². The molecule has 0 atom stereocenters. The Bertz CT molecular complexity index is 2490. The summed E-state index contributed by atoms with van der Waals surface area (Å²) in [7, 11) is 0. The molecular formula is C41H27N3O. The molecule has 0 spiro atoms. The van der Waals surface area contributed by atoms with Crippen molar-refractivity contribution in [2.24, 2.45) is 0 Å². The molecule has 4 heteroatoms. The molecule has 6 aromatic carbocycles. The molecule has 9 aromatic rings. The fourth-order valence-electron chi connectivity index (χ4n) is 6.47. The van der Waals surface area contributed by atoms with Crippen molar-refractivity contribution in [3.8, 4) is 22.4 Å². The van der Waals surface area contributed by atoms with Gasteiger partial charge in [0.25, 0.3) is 0 Å². The summed E-state index contributed by atoms with van der Waals surface area (Å²) < 4.78 is 8.68. The normalized spacial score (nSPS) is 11.6. The number of rotatable bonds is 5. The van der Waals surface area contributed by atoms with Gasteiger partial charge in [-0.1, -0.05) is 127 Å². The van der Waals surface area contributed by atoms with Gasteiger partial charge >= 0.3 is 0 Å². The van der Waals surface area contributed by atoms with Crippen LogP contribution in [0.25, 0.3) is 60.6 Å². The highest BCUT2D eigenvalue weighted by atomic mass is 16.3. The molecule has 0 aliphatic carbocycles. The molecule has 0 aliphatic rings. The van der Waals surface area contributed by atoms with E-state index in [1.165, 1.54) is 0 Å². The minimum atomic E-state index is 0.836. The van der Waals surface area contributed by atoms with Gasteiger partial charge in [0.15, 0.2) is 5.58 Å². The van der Waals surface area contributed by atoms with Crippen LogP contribution in [0.15, 0.2) is 168 Å². The van der Waals surface area contributed by atoms with Crippen LogP contribution >= 0.6 is 0 Å². The first-order valence-corrected chi connectivity index (χ1v) is 15.1. The van der Waals surface area contributed by atoms with Crippen molar-refractivity contribution in [3.63, 3.8) is 0 Å². The van der Waals surface area contributed by atoms with Crippen LogP contribution in [-0.4, -0.2) is 9.61 Å². The van der Waals surface area contributed by atoms with Gasteiger partial charge in [-0.3, -0.25) is 0 Å². The Balaban J connectivity index is 1.41. The molecule has 0 radical (unpaired) electrons. The molecule has 0 N–H and O–H groups in total. The van der Waals surface area contributed by atoms with Crippen molar-refractivity contribution in [1.82, 2.24) is 9.61 Å². The first kappa shape index (κ1) is 25.4. The Labute approximate surface area is 260 Å². The summed E-state index contributed by atoms with van der Waals surface area (Å²) in [6, 6.07) is 55.1. The molecule has 4 nitrogen and oxygen atoms in total. The van der Waals surface area contributed by atoms with E-state index in [9.17, 15) is 0 Å². The maximum atomic E-state index is 6.66. The van der Waals surface area contributed by atoms with Crippen LogP contribution in [0.5, 0.6) is 0 Å². The average Bonchev–Trinajstić information content (AvgIpc) is 3.67. The quantitative estimate of drug-likeness (QED) is 0.204. The third-order valence-electron chi connectivity index (χ3n) is 8.58. The topological polar surface area (TPSA) is 33.7 Å². The maximum absolute atomic E-state index is 6.66. The molecule has 0 unspecified atom stereocenters. The number of para-hydroxylation sites is 2. The minimum absolute atomic E-state index is 0.836. The van der Waals surface area contributed by atoms with Gasteiger partial charge in [0.1, 0.15) is 17.0 Å². The van der Waals surface area contributed by atoms with Crippen LogP contribution in [-0.2, 0) is 0 Å². The van der Waals surface area contributed by atoms with Crippen molar-refractivity contribution in [2.45, 2.75) is 0 Å². The van der Waals surface area contributed by atoms with Gasteiger partial charge in [-0.2, -0.15) is 5.10 Å². The van der Waals surface area contributed by atoms with E-state index in [4.69, 9.17) is 9.52 Å². The summed E-state index contributed by atoms with van der Waals surface area (Å²) in [4.78, 5) is 2.33. The fourth-order valence-corrected chi connectivity index (χ4v) is 6.47. The highest BCUT2D eigenvalue weighted by Gasteiger charge is 2.27. The molecule has 0 saturated heterocycles. The summed E-state index contributed by atoms with van der Waals surface area (Å²) in [5.74, 6) is 0. The van der Waals surface area contributed by atoms with Gasteiger partial charge in [0, 0.05) is 33.6 Å². The van der Waals surface area contributed by atoms with Crippen LogP contribution in [0, 0.1) is 0 Å². The molecule has 45 heavy (non-hydrogen) atoms. The zero-order valence-electron chi connectivity index (χ0n) is 24.3. The lowest BCUT2D eigenvalue weighted by Gasteiger charge is -2.26. The van der Waals surface area contributed by atoms with Gasteiger partial charge < -0.3 is 9.32 Å². The number of pyridine rings is 1. The number of anilines is 3. The van der Waals surface area contributed by atoms with E-state index in [1.807, 2.05) is 22.7 Å². The third kappa shape index (κ3) is 4.19. The molecule has 3 aromatic heterocycles. The molecule has 0 bridgehead atoms. The van der Waals surface area contributed by atoms with Crippen LogP contribution < -0.4 is 4.90 Å². The van der Waals surface area contributed by atoms with E-state index in [0.717, 1.165) is 77.7 Å². The summed E-state index contributed by atoms with van der Waals surface area (Å²) >= 11 is 0. The lowest BCUT2D eigenvalue weighted by atomic mass is 10.0. The molecular weight excluding hydrogens is 550 g/mol. The number of fused-ring (bicyclic) bond motifs is 5. The third-order valence-corrected chi connectivity index (χ3v) is 8.58. The van der Waals surface area contributed by atoms with Crippen LogP contribution in [0.1, 0.15) is 0 Å². The largest absolute Gasteiger partial charge is 0.454 e. The Hall–Kier alpha value is -6.13. The summed E-state index contributed by atoms with van der Waals surface area (Å²) in [6.07, 6.45) is 2.13. The Morgan fingerprint density at radius 1 is 0.533 bits per heavy atom. The van der Waals surface area contributed by atoms with Crippen molar-refractivity contribution in [1.29, 1.82) is 0 Å². The standard InChI is InChI=1S/C41H27N3O/c1-3-13-28(14-4-1)30-19-11-20-33(25-30)44(36-23-12-22-35-34-21-9-10-24-38(34)45-41(35)36)40-37-26-31-17-7-8-18-32(31)27-43(37)42-39(40)29-15-5-2-6-16-29/h1-27H. The highest BCUT2D eigenvalue weighted by Crippen LogP contribution is 2.47. The SMILES string of the molecule is c1ccc(-c2cccc(N(c3cccc4c3oc3ccccc34)c3c(-c4ccccc4)nn4cc5ccccc5cc34)c2)cc1. The van der Waals surface area contributed by atoms with E-state index < -0.39 is 0 Å². The Morgan fingerprint density at radius 3 is 2.04 bits per heavy atom. The van der Waals surface area contributed by atoms with Crippen LogP contribution in [0.3, 0.4) is 0 Å². The number of hydrogen-bond acceptors (Lipinski definition) is 3. The molecule has 0 saturated carbocycles. The first-order valence-electron chi connectivity index (χ1n) is 15.1. The summed E-state index contributed by atoms with van der Waals surface area (Å²) in [6.45, 7) is 0. The maximum Gasteiger partial charge on any atom is 0.159 e. The second-order valence-corrected chi connectivity index (χ2v) is 11.3. The molecule has 0 fully saturated rings. The first-order chi connectivity index (χ1) is 22.3. The van der Waals surface area contributed by atoms with Crippen molar-refractivity contribution < 1.29 is 4.42 Å². The highest BCUT2D eigenvalue weighted by molar-refractivity contribution is 6.12. The number of aromatic nitrogens is 2. The number of nitrogens with zero attached hydrogens (tertiary/aromatic N) is 3. The fraction of sp³-hybridized carbons (Fsp3) is 0. The number of furan rings is 1. The van der Waals surface area contributed by atoms with Gasteiger partial charge in [-0.25, -0.2) is 4.52 Å². The molecule has 212 valence electrons. The zero-order chi connectivity index (χ0) is 29.7. The van der Waals surface area contributed by atoms with E-state index in [0.29, 0.717) is 0 Å². The average molecular weight is 578 g/mol. The van der Waals surface area contributed by atoms with E-state index in [-0.39, 0.29) is 0 Å². The Morgan fingerprint density at radius 2 is 1.20 bits per heavy atom. The monoisotopic (exact) mass is 577 g/mol. The predicted molar refractivity (Wildman–Crippen MR) is 186 cm³/mol. The molecule has 9 rings (SSSR count). The van der Waals surface area contributed by atoms with Crippen molar-refractivity contribution in [2.75, 3.05) is 4.90 Å². The lowest BCUT2D eigenvalue weighted by Crippen LogP contribution is -2.11. The van der Waals surface area contributed by atoms with Gasteiger partial charge in [-0.05, 0) is 46.8 Å². The lowest BCUT2D eigenvalue weighted by molar-refractivity contribution is 0.669. The second-order valence-electron chi connectivity index (χ2n) is 11.3. The van der Waals surface area contributed by atoms with Crippen molar-refractivity contribution >= 4 is 55.3 Å². The smallest absolute Gasteiger partial charge is 0.159 e. The van der Waals surface area contributed by atoms with E-state index >= 15 is 0 Å². The van der Waals surface area contributed by atoms with Gasteiger partial charge in [0.2, 0.25) is 0 Å². The van der Waals surface area contributed by atoms with E-state index in [1.54, 1.807) is 0 Å². The number of hydrogen-bond donors (Lipinski definition) is 0. The van der Waals surface area contributed by atoms with Crippen molar-refractivity contribution in [3.05, 3.63) is 164 Å². The zero-order valence-corrected chi connectivity index (χ0v) is 24.3. The van der Waals surface area contributed by atoms with Crippen LogP contribution in [0.2, 0.25) is 0 Å². The summed E-state index contributed by atoms with van der Waals surface area (Å²) in [5, 5.41) is 9.72. The molecule has 0 amide bonds. The number of benzene rings is 6. The predicted octanol–water partition coefficient (Wildman–Crippen LogP) is 11.2. The second kappa shape index (κ2) is 10.2. The molecule has 3 heterocycles. The van der Waals surface area contributed by atoms with Gasteiger partial charge in [0.05, 0.1) is 11.2 Å². The van der Waals surface area contributed by atoms with Gasteiger partial charge in [-0.15, -0.1) is 0 Å². The Kier molecular flexibility index (Phi) is 5.78. The molecule has 0 aliphatic heterocycles. The van der Waals surface area contributed by atoms with Crippen LogP contribution in [0.4, 0.5) is 17.1 Å². The minimum Gasteiger partial charge on any atom is -0.454 e. The summed E-state index contributed by atoms with van der Waals surface area (Å²) in [5.41, 5.74) is 9.91.